The maximum absolute atomic E-state index is 12.3. The van der Waals surface area contributed by atoms with E-state index in [9.17, 15) is 9.59 Å². The van der Waals surface area contributed by atoms with Gasteiger partial charge in [-0.3, -0.25) is 4.79 Å². The second-order valence-electron chi connectivity index (χ2n) is 5.84. The van der Waals surface area contributed by atoms with Crippen molar-refractivity contribution >= 4 is 18.0 Å². The van der Waals surface area contributed by atoms with E-state index < -0.39 is 12.1 Å². The Morgan fingerprint density at radius 1 is 1.09 bits per heavy atom. The molecule has 0 N–H and O–H groups in total. The molecule has 0 aromatic heterocycles. The van der Waals surface area contributed by atoms with Crippen LogP contribution in [-0.4, -0.2) is 25.2 Å². The fraction of sp³-hybridized carbons (Fsp3) is 0.474. The Morgan fingerprint density at radius 3 is 2.35 bits per heavy atom. The molecule has 0 aliphatic heterocycles. The maximum atomic E-state index is 12.3. The molecule has 1 aromatic rings. The molecule has 4 nitrogen and oxygen atoms in total. The SMILES string of the molecule is COC(=O)[C@@H](/C=C/c1ccccc1)OC(=O)C1CCCCCC1. The molecule has 0 radical (unpaired) electrons. The van der Waals surface area contributed by atoms with Crippen LogP contribution in [0.15, 0.2) is 36.4 Å². The minimum absolute atomic E-state index is 0.102. The third-order valence-corrected chi connectivity index (χ3v) is 4.13. The summed E-state index contributed by atoms with van der Waals surface area (Å²) in [4.78, 5) is 24.2. The first kappa shape index (κ1) is 17.3. The van der Waals surface area contributed by atoms with E-state index in [-0.39, 0.29) is 11.9 Å². The zero-order valence-corrected chi connectivity index (χ0v) is 13.6. The average molecular weight is 316 g/mol. The number of methoxy groups -OCH3 is 1. The number of benzene rings is 1. The number of hydrogen-bond acceptors (Lipinski definition) is 4. The number of esters is 2. The van der Waals surface area contributed by atoms with Gasteiger partial charge in [0, 0.05) is 0 Å². The first-order valence-electron chi connectivity index (χ1n) is 8.22. The Kier molecular flexibility index (Phi) is 6.85. The largest absolute Gasteiger partial charge is 0.466 e. The zero-order valence-electron chi connectivity index (χ0n) is 13.6. The fourth-order valence-electron chi connectivity index (χ4n) is 2.78. The highest BCUT2D eigenvalue weighted by atomic mass is 16.6. The number of ether oxygens (including phenoxy) is 2. The number of hydrogen-bond donors (Lipinski definition) is 0. The van der Waals surface area contributed by atoms with Crippen LogP contribution in [0.5, 0.6) is 0 Å². The normalized spacial score (nSPS) is 17.4. The predicted molar refractivity (Wildman–Crippen MR) is 88.6 cm³/mol. The molecule has 1 aliphatic rings. The highest BCUT2D eigenvalue weighted by Gasteiger charge is 2.27. The summed E-state index contributed by atoms with van der Waals surface area (Å²) in [6.45, 7) is 0. The molecule has 0 bridgehead atoms. The number of rotatable bonds is 5. The fourth-order valence-corrected chi connectivity index (χ4v) is 2.78. The van der Waals surface area contributed by atoms with Crippen LogP contribution in [-0.2, 0) is 19.1 Å². The first-order valence-corrected chi connectivity index (χ1v) is 8.22. The van der Waals surface area contributed by atoms with E-state index in [1.54, 1.807) is 12.2 Å². The van der Waals surface area contributed by atoms with Gasteiger partial charge in [-0.15, -0.1) is 0 Å². The third-order valence-electron chi connectivity index (χ3n) is 4.13. The summed E-state index contributed by atoms with van der Waals surface area (Å²) in [6, 6.07) is 9.56. The van der Waals surface area contributed by atoms with Crippen LogP contribution >= 0.6 is 0 Å². The van der Waals surface area contributed by atoms with Crippen molar-refractivity contribution in [1.29, 1.82) is 0 Å². The summed E-state index contributed by atoms with van der Waals surface area (Å²) in [5.41, 5.74) is 0.937. The molecule has 1 aromatic carbocycles. The van der Waals surface area contributed by atoms with Crippen molar-refractivity contribution in [3.63, 3.8) is 0 Å². The van der Waals surface area contributed by atoms with Crippen LogP contribution in [0.1, 0.15) is 44.1 Å². The Bertz CT molecular complexity index is 528. The van der Waals surface area contributed by atoms with E-state index in [4.69, 9.17) is 9.47 Å². The second-order valence-corrected chi connectivity index (χ2v) is 5.84. The molecule has 0 heterocycles. The Balaban J connectivity index is 2.01. The van der Waals surface area contributed by atoms with Crippen LogP contribution in [0.2, 0.25) is 0 Å². The molecule has 0 saturated heterocycles. The number of carbonyl (C=O) groups is 2. The van der Waals surface area contributed by atoms with Crippen molar-refractivity contribution in [2.75, 3.05) is 7.11 Å². The molecule has 1 saturated carbocycles. The summed E-state index contributed by atoms with van der Waals surface area (Å²) in [5.74, 6) is -0.950. The van der Waals surface area contributed by atoms with Gasteiger partial charge in [-0.1, -0.05) is 62.1 Å². The monoisotopic (exact) mass is 316 g/mol. The van der Waals surface area contributed by atoms with Crippen molar-refractivity contribution in [3.8, 4) is 0 Å². The van der Waals surface area contributed by atoms with Gasteiger partial charge in [0.05, 0.1) is 13.0 Å². The minimum Gasteiger partial charge on any atom is -0.466 e. The van der Waals surface area contributed by atoms with Crippen LogP contribution in [0, 0.1) is 5.92 Å². The number of carbonyl (C=O) groups excluding carboxylic acids is 2. The van der Waals surface area contributed by atoms with Crippen LogP contribution in [0.25, 0.3) is 6.08 Å². The van der Waals surface area contributed by atoms with Crippen molar-refractivity contribution < 1.29 is 19.1 Å². The minimum atomic E-state index is -0.990. The standard InChI is InChI=1S/C19H24O4/c1-22-19(21)17(14-13-15-9-5-4-6-10-15)23-18(20)16-11-7-2-3-8-12-16/h4-6,9-10,13-14,16-17H,2-3,7-8,11-12H2,1H3/b14-13+/t17-/m1/s1. The summed E-state index contributed by atoms with van der Waals surface area (Å²) in [5, 5.41) is 0. The van der Waals surface area contributed by atoms with Gasteiger partial charge in [-0.05, 0) is 24.5 Å². The molecule has 0 amide bonds. The van der Waals surface area contributed by atoms with Gasteiger partial charge in [0.25, 0.3) is 0 Å². The highest BCUT2D eigenvalue weighted by Crippen LogP contribution is 2.24. The van der Waals surface area contributed by atoms with Gasteiger partial charge in [0.2, 0.25) is 6.10 Å². The first-order chi connectivity index (χ1) is 11.2. The molecule has 1 fully saturated rings. The lowest BCUT2D eigenvalue weighted by atomic mass is 10.0. The van der Waals surface area contributed by atoms with Gasteiger partial charge in [0.1, 0.15) is 0 Å². The summed E-state index contributed by atoms with van der Waals surface area (Å²) in [7, 11) is 1.30. The third kappa shape index (κ3) is 5.55. The van der Waals surface area contributed by atoms with E-state index in [0.717, 1.165) is 44.1 Å². The summed E-state index contributed by atoms with van der Waals surface area (Å²) >= 11 is 0. The molecule has 0 spiro atoms. The van der Waals surface area contributed by atoms with E-state index in [1.165, 1.54) is 7.11 Å². The quantitative estimate of drug-likeness (QED) is 0.613. The Morgan fingerprint density at radius 2 is 1.74 bits per heavy atom. The lowest BCUT2D eigenvalue weighted by Crippen LogP contribution is -2.29. The lowest BCUT2D eigenvalue weighted by molar-refractivity contribution is -0.165. The van der Waals surface area contributed by atoms with Gasteiger partial charge < -0.3 is 9.47 Å². The Labute approximate surface area is 137 Å². The zero-order chi connectivity index (χ0) is 16.5. The lowest BCUT2D eigenvalue weighted by Gasteiger charge is -2.17. The summed E-state index contributed by atoms with van der Waals surface area (Å²) in [6.07, 6.45) is 8.46. The van der Waals surface area contributed by atoms with Gasteiger partial charge in [0.15, 0.2) is 0 Å². The average Bonchev–Trinajstić information content (AvgIpc) is 2.88. The van der Waals surface area contributed by atoms with Crippen molar-refractivity contribution in [1.82, 2.24) is 0 Å². The van der Waals surface area contributed by atoms with Crippen molar-refractivity contribution in [2.45, 2.75) is 44.6 Å². The Hall–Kier alpha value is -2.10. The highest BCUT2D eigenvalue weighted by molar-refractivity contribution is 5.83. The smallest absolute Gasteiger partial charge is 0.351 e. The topological polar surface area (TPSA) is 52.6 Å². The molecule has 0 unspecified atom stereocenters. The molecule has 23 heavy (non-hydrogen) atoms. The predicted octanol–water partition coefficient (Wildman–Crippen LogP) is 3.76. The van der Waals surface area contributed by atoms with Gasteiger partial charge >= 0.3 is 11.9 Å². The van der Waals surface area contributed by atoms with E-state index >= 15 is 0 Å². The van der Waals surface area contributed by atoms with Crippen LogP contribution < -0.4 is 0 Å². The molecule has 124 valence electrons. The summed E-state index contributed by atoms with van der Waals surface area (Å²) < 4.78 is 10.2. The molecule has 1 atom stereocenters. The van der Waals surface area contributed by atoms with E-state index in [2.05, 4.69) is 0 Å². The van der Waals surface area contributed by atoms with E-state index in [0.29, 0.717) is 0 Å². The molecular weight excluding hydrogens is 292 g/mol. The van der Waals surface area contributed by atoms with Crippen LogP contribution in [0.4, 0.5) is 0 Å². The molecular formula is C19H24O4. The van der Waals surface area contributed by atoms with Gasteiger partial charge in [-0.25, -0.2) is 4.79 Å². The van der Waals surface area contributed by atoms with Crippen molar-refractivity contribution in [2.24, 2.45) is 5.92 Å². The second kappa shape index (κ2) is 9.13. The maximum Gasteiger partial charge on any atom is 0.351 e. The van der Waals surface area contributed by atoms with Gasteiger partial charge in [-0.2, -0.15) is 0 Å². The van der Waals surface area contributed by atoms with Crippen LogP contribution in [0.3, 0.4) is 0 Å². The van der Waals surface area contributed by atoms with Crippen molar-refractivity contribution in [3.05, 3.63) is 42.0 Å². The van der Waals surface area contributed by atoms with E-state index in [1.807, 2.05) is 30.3 Å². The molecule has 2 rings (SSSR count). The molecule has 4 heteroatoms. The molecule has 1 aliphatic carbocycles.